The molecule has 1 aliphatic rings. The van der Waals surface area contributed by atoms with Crippen molar-refractivity contribution in [2.75, 3.05) is 13.1 Å². The zero-order chi connectivity index (χ0) is 16.9. The Morgan fingerprint density at radius 2 is 2.00 bits per heavy atom. The van der Waals surface area contributed by atoms with Gasteiger partial charge in [0.2, 0.25) is 0 Å². The molecule has 24 heavy (non-hydrogen) atoms. The van der Waals surface area contributed by atoms with E-state index in [1.165, 1.54) is 12.1 Å². The molecule has 1 amide bonds. The van der Waals surface area contributed by atoms with Gasteiger partial charge < -0.3 is 4.90 Å². The van der Waals surface area contributed by atoms with Gasteiger partial charge in [-0.1, -0.05) is 6.07 Å². The second-order valence-electron chi connectivity index (χ2n) is 6.27. The van der Waals surface area contributed by atoms with Crippen LogP contribution in [0, 0.1) is 17.6 Å². The maximum atomic E-state index is 13.7. The molecule has 1 aliphatic heterocycles. The van der Waals surface area contributed by atoms with E-state index in [0.29, 0.717) is 30.0 Å². The van der Waals surface area contributed by atoms with Crippen molar-refractivity contribution in [3.63, 3.8) is 0 Å². The Bertz CT molecular complexity index is 706. The Morgan fingerprint density at radius 1 is 1.21 bits per heavy atom. The molecule has 1 aromatic carbocycles. The summed E-state index contributed by atoms with van der Waals surface area (Å²) >= 11 is 0. The standard InChI is InChI=1S/C19H20F2N2O/c20-17-6-5-15(18(21)12-17)4-3-14-2-1-11-23(13-14)19(24)16-7-9-22-10-8-16/h5-10,12,14H,1-4,11,13H2/t14-/m0/s1. The van der Waals surface area contributed by atoms with Crippen LogP contribution in [0.1, 0.15) is 35.2 Å². The molecule has 3 rings (SSSR count). The second-order valence-corrected chi connectivity index (χ2v) is 6.27. The summed E-state index contributed by atoms with van der Waals surface area (Å²) < 4.78 is 26.7. The topological polar surface area (TPSA) is 33.2 Å². The lowest BCUT2D eigenvalue weighted by molar-refractivity contribution is 0.0668. The minimum absolute atomic E-state index is 0.0232. The fourth-order valence-corrected chi connectivity index (χ4v) is 3.25. The van der Waals surface area contributed by atoms with E-state index in [9.17, 15) is 13.6 Å². The molecular weight excluding hydrogens is 310 g/mol. The molecule has 0 bridgehead atoms. The number of hydrogen-bond donors (Lipinski definition) is 0. The quantitative estimate of drug-likeness (QED) is 0.853. The van der Waals surface area contributed by atoms with Crippen LogP contribution in [-0.2, 0) is 6.42 Å². The fourth-order valence-electron chi connectivity index (χ4n) is 3.25. The van der Waals surface area contributed by atoms with Gasteiger partial charge in [-0.2, -0.15) is 0 Å². The van der Waals surface area contributed by atoms with Crippen molar-refractivity contribution in [3.05, 3.63) is 65.5 Å². The van der Waals surface area contributed by atoms with Gasteiger partial charge in [-0.15, -0.1) is 0 Å². The Kier molecular flexibility index (Phi) is 5.18. The molecule has 0 radical (unpaired) electrons. The molecule has 1 saturated heterocycles. The molecule has 0 unspecified atom stereocenters. The molecule has 0 saturated carbocycles. The molecular formula is C19H20F2N2O. The molecule has 126 valence electrons. The first-order valence-electron chi connectivity index (χ1n) is 8.26. The number of carbonyl (C=O) groups is 1. The smallest absolute Gasteiger partial charge is 0.253 e. The van der Waals surface area contributed by atoms with E-state index in [0.717, 1.165) is 31.9 Å². The first-order valence-corrected chi connectivity index (χ1v) is 8.26. The predicted octanol–water partition coefficient (Wildman–Crippen LogP) is 3.84. The van der Waals surface area contributed by atoms with Crippen molar-refractivity contribution < 1.29 is 13.6 Å². The van der Waals surface area contributed by atoms with E-state index in [1.54, 1.807) is 24.5 Å². The van der Waals surface area contributed by atoms with Crippen LogP contribution in [0.4, 0.5) is 8.78 Å². The summed E-state index contributed by atoms with van der Waals surface area (Å²) in [6.45, 7) is 1.44. The maximum absolute atomic E-state index is 13.7. The first kappa shape index (κ1) is 16.6. The molecule has 0 aliphatic carbocycles. The van der Waals surface area contributed by atoms with E-state index >= 15 is 0 Å². The minimum Gasteiger partial charge on any atom is -0.338 e. The van der Waals surface area contributed by atoms with Crippen LogP contribution >= 0.6 is 0 Å². The highest BCUT2D eigenvalue weighted by Crippen LogP contribution is 2.23. The second kappa shape index (κ2) is 7.51. The number of rotatable bonds is 4. The summed E-state index contributed by atoms with van der Waals surface area (Å²) in [7, 11) is 0. The van der Waals surface area contributed by atoms with Gasteiger partial charge in [-0.05, 0) is 55.4 Å². The number of pyridine rings is 1. The number of piperidine rings is 1. The molecule has 1 atom stereocenters. The normalized spacial score (nSPS) is 17.8. The highest BCUT2D eigenvalue weighted by Gasteiger charge is 2.24. The third kappa shape index (κ3) is 3.96. The number of aromatic nitrogens is 1. The largest absolute Gasteiger partial charge is 0.338 e. The molecule has 1 aromatic heterocycles. The lowest BCUT2D eigenvalue weighted by atomic mass is 9.91. The average Bonchev–Trinajstić information content (AvgIpc) is 2.61. The number of hydrogen-bond acceptors (Lipinski definition) is 2. The third-order valence-corrected chi connectivity index (χ3v) is 4.57. The number of halogens is 2. The number of amides is 1. The van der Waals surface area contributed by atoms with Crippen LogP contribution in [0.25, 0.3) is 0 Å². The zero-order valence-electron chi connectivity index (χ0n) is 13.4. The van der Waals surface area contributed by atoms with Gasteiger partial charge in [0.15, 0.2) is 0 Å². The Labute approximate surface area is 140 Å². The van der Waals surface area contributed by atoms with Crippen molar-refractivity contribution in [1.29, 1.82) is 0 Å². The van der Waals surface area contributed by atoms with Gasteiger partial charge >= 0.3 is 0 Å². The number of nitrogens with zero attached hydrogens (tertiary/aromatic N) is 2. The lowest BCUT2D eigenvalue weighted by Crippen LogP contribution is -2.40. The molecule has 1 fully saturated rings. The van der Waals surface area contributed by atoms with Gasteiger partial charge in [-0.25, -0.2) is 8.78 Å². The summed E-state index contributed by atoms with van der Waals surface area (Å²) in [5, 5.41) is 0. The van der Waals surface area contributed by atoms with Crippen LogP contribution in [0.15, 0.2) is 42.7 Å². The summed E-state index contributed by atoms with van der Waals surface area (Å²) in [5.74, 6) is -0.678. The molecule has 0 N–H and O–H groups in total. The highest BCUT2D eigenvalue weighted by molar-refractivity contribution is 5.94. The van der Waals surface area contributed by atoms with Gasteiger partial charge in [-0.3, -0.25) is 9.78 Å². The predicted molar refractivity (Wildman–Crippen MR) is 87.5 cm³/mol. The summed E-state index contributed by atoms with van der Waals surface area (Å²) in [6.07, 6.45) is 6.57. The Balaban J connectivity index is 1.58. The fraction of sp³-hybridized carbons (Fsp3) is 0.368. The van der Waals surface area contributed by atoms with Crippen LogP contribution < -0.4 is 0 Å². The summed E-state index contributed by atoms with van der Waals surface area (Å²) in [6, 6.07) is 7.17. The van der Waals surface area contributed by atoms with E-state index in [4.69, 9.17) is 0 Å². The van der Waals surface area contributed by atoms with Crippen LogP contribution in [0.3, 0.4) is 0 Å². The van der Waals surface area contributed by atoms with Crippen molar-refractivity contribution in [3.8, 4) is 0 Å². The summed E-state index contributed by atoms with van der Waals surface area (Å²) in [4.78, 5) is 18.3. The van der Waals surface area contributed by atoms with E-state index in [-0.39, 0.29) is 5.91 Å². The molecule has 5 heteroatoms. The number of carbonyl (C=O) groups excluding carboxylic acids is 1. The average molecular weight is 330 g/mol. The number of benzene rings is 1. The van der Waals surface area contributed by atoms with Crippen molar-refractivity contribution in [2.24, 2.45) is 5.92 Å². The van der Waals surface area contributed by atoms with E-state index < -0.39 is 11.6 Å². The molecule has 2 aromatic rings. The Hall–Kier alpha value is -2.30. The monoisotopic (exact) mass is 330 g/mol. The molecule has 2 heterocycles. The molecule has 3 nitrogen and oxygen atoms in total. The SMILES string of the molecule is O=C(c1ccncc1)N1CCC[C@@H](CCc2ccc(F)cc2F)C1. The summed E-state index contributed by atoms with van der Waals surface area (Å²) in [5.41, 5.74) is 1.18. The minimum atomic E-state index is -0.553. The van der Waals surface area contributed by atoms with E-state index in [1.807, 2.05) is 4.90 Å². The van der Waals surface area contributed by atoms with Crippen LogP contribution in [0.2, 0.25) is 0 Å². The van der Waals surface area contributed by atoms with Crippen molar-refractivity contribution in [2.45, 2.75) is 25.7 Å². The zero-order valence-corrected chi connectivity index (χ0v) is 13.4. The number of likely N-dealkylation sites (tertiary alicyclic amines) is 1. The van der Waals surface area contributed by atoms with Gasteiger partial charge in [0.05, 0.1) is 0 Å². The Morgan fingerprint density at radius 3 is 2.75 bits per heavy atom. The maximum Gasteiger partial charge on any atom is 0.253 e. The molecule has 0 spiro atoms. The van der Waals surface area contributed by atoms with Gasteiger partial charge in [0.1, 0.15) is 11.6 Å². The van der Waals surface area contributed by atoms with Crippen LogP contribution in [0.5, 0.6) is 0 Å². The van der Waals surface area contributed by atoms with E-state index in [2.05, 4.69) is 4.98 Å². The third-order valence-electron chi connectivity index (χ3n) is 4.57. The van der Waals surface area contributed by atoms with Gasteiger partial charge in [0.25, 0.3) is 5.91 Å². The van der Waals surface area contributed by atoms with Crippen molar-refractivity contribution >= 4 is 5.91 Å². The first-order chi connectivity index (χ1) is 11.6. The lowest BCUT2D eigenvalue weighted by Gasteiger charge is -2.33. The highest BCUT2D eigenvalue weighted by atomic mass is 19.1. The van der Waals surface area contributed by atoms with Crippen LogP contribution in [-0.4, -0.2) is 28.9 Å². The van der Waals surface area contributed by atoms with Crippen molar-refractivity contribution in [1.82, 2.24) is 9.88 Å². The number of aryl methyl sites for hydroxylation is 1. The van der Waals surface area contributed by atoms with Gasteiger partial charge in [0, 0.05) is 37.1 Å².